The Kier molecular flexibility index (Phi) is 5.98. The predicted octanol–water partition coefficient (Wildman–Crippen LogP) is 4.28. The van der Waals surface area contributed by atoms with Gasteiger partial charge in [0.15, 0.2) is 0 Å². The van der Waals surface area contributed by atoms with Crippen molar-refractivity contribution in [3.05, 3.63) is 103 Å². The zero-order chi connectivity index (χ0) is 16.6. The highest BCUT2D eigenvalue weighted by molar-refractivity contribution is 7.98. The van der Waals surface area contributed by atoms with Crippen LogP contribution < -0.4 is 10.9 Å². The van der Waals surface area contributed by atoms with Crippen LogP contribution in [0.2, 0.25) is 0 Å². The lowest BCUT2D eigenvalue weighted by molar-refractivity contribution is 1.62. The highest BCUT2D eigenvalue weighted by atomic mass is 32.2. The Balaban J connectivity index is 2.14. The Morgan fingerprint density at radius 2 is 1.21 bits per heavy atom. The first kappa shape index (κ1) is 16.7. The van der Waals surface area contributed by atoms with Crippen LogP contribution in [-0.2, 0) is 0 Å². The molecule has 0 saturated heterocycles. The van der Waals surface area contributed by atoms with E-state index in [2.05, 4.69) is 103 Å². The van der Waals surface area contributed by atoms with Gasteiger partial charge in [0.2, 0.25) is 6.71 Å². The first-order valence-corrected chi connectivity index (χ1v) is 9.64. The number of rotatable bonds is 6. The molecule has 0 bridgehead atoms. The summed E-state index contributed by atoms with van der Waals surface area (Å²) >= 11 is 1.86. The molecule has 0 radical (unpaired) electrons. The second-order valence-corrected chi connectivity index (χ2v) is 6.65. The molecule has 3 aromatic carbocycles. The van der Waals surface area contributed by atoms with E-state index in [9.17, 15) is 0 Å². The van der Waals surface area contributed by atoms with Crippen LogP contribution in [0.4, 0.5) is 0 Å². The van der Waals surface area contributed by atoms with Crippen molar-refractivity contribution in [2.75, 3.05) is 12.0 Å². The third kappa shape index (κ3) is 4.01. The van der Waals surface area contributed by atoms with E-state index in [1.54, 1.807) is 0 Å². The average Bonchev–Trinajstić information content (AvgIpc) is 2.67. The zero-order valence-electron chi connectivity index (χ0n) is 13.9. The molecule has 0 aliphatic heterocycles. The van der Waals surface area contributed by atoms with E-state index in [-0.39, 0.29) is 6.71 Å². The molecular weight excluding hydrogens is 307 g/mol. The van der Waals surface area contributed by atoms with Crippen LogP contribution >= 0.6 is 11.8 Å². The summed E-state index contributed by atoms with van der Waals surface area (Å²) in [5.41, 5.74) is 5.34. The topological polar surface area (TPSA) is 0 Å². The van der Waals surface area contributed by atoms with Crippen molar-refractivity contribution in [1.82, 2.24) is 0 Å². The van der Waals surface area contributed by atoms with E-state index in [4.69, 9.17) is 0 Å². The molecule has 0 unspecified atom stereocenters. The Morgan fingerprint density at radius 3 is 1.67 bits per heavy atom. The van der Waals surface area contributed by atoms with Crippen molar-refractivity contribution in [3.8, 4) is 0 Å². The summed E-state index contributed by atoms with van der Waals surface area (Å²) in [7, 11) is 0. The molecule has 0 nitrogen and oxygen atoms in total. The van der Waals surface area contributed by atoms with E-state index >= 15 is 0 Å². The predicted molar refractivity (Wildman–Crippen MR) is 111 cm³/mol. The van der Waals surface area contributed by atoms with Gasteiger partial charge >= 0.3 is 0 Å². The number of thioether (sulfide) groups is 1. The van der Waals surface area contributed by atoms with Crippen LogP contribution in [-0.4, -0.2) is 18.7 Å². The smallest absolute Gasteiger partial charge is 0.161 e. The molecule has 3 aromatic rings. The van der Waals surface area contributed by atoms with Gasteiger partial charge in [0.25, 0.3) is 0 Å². The van der Waals surface area contributed by atoms with Crippen LogP contribution in [0.5, 0.6) is 0 Å². The summed E-state index contributed by atoms with van der Waals surface area (Å²) in [6.45, 7) is 0.252. The van der Waals surface area contributed by atoms with E-state index in [1.165, 1.54) is 22.0 Å². The third-order valence-corrected chi connectivity index (χ3v) is 4.65. The summed E-state index contributed by atoms with van der Waals surface area (Å²) in [4.78, 5) is 0. The van der Waals surface area contributed by atoms with Gasteiger partial charge in [-0.2, -0.15) is 11.8 Å². The lowest BCUT2D eigenvalue weighted by Crippen LogP contribution is -2.43. The third-order valence-electron chi connectivity index (χ3n) is 4.15. The maximum absolute atomic E-state index is 2.38. The molecule has 0 fully saturated rings. The highest BCUT2D eigenvalue weighted by Gasteiger charge is 2.24. The molecule has 0 spiro atoms. The molecule has 0 saturated carbocycles. The normalized spacial score (nSPS) is 11.3. The lowest BCUT2D eigenvalue weighted by atomic mass is 9.35. The summed E-state index contributed by atoms with van der Waals surface area (Å²) in [6, 6.07) is 32.3. The van der Waals surface area contributed by atoms with Gasteiger partial charge in [0.1, 0.15) is 0 Å². The first-order valence-electron chi connectivity index (χ1n) is 8.24. The SMILES string of the molecule is CSC/C=C(\B(c1ccccc1)c1ccccc1)c1ccccc1. The van der Waals surface area contributed by atoms with Crippen LogP contribution in [0, 0.1) is 0 Å². The molecule has 0 atom stereocenters. The van der Waals surface area contributed by atoms with Gasteiger partial charge in [0.05, 0.1) is 0 Å². The minimum atomic E-state index is 0.252. The molecule has 0 heterocycles. The standard InChI is InChI=1S/C22H21BS/c1-24-18-17-22(19-11-5-2-6-12-19)23(20-13-7-3-8-14-20)21-15-9-4-10-16-21/h2-17H,18H2,1H3/b22-17-. The largest absolute Gasteiger partial charge is 0.241 e. The number of hydrogen-bond acceptors (Lipinski definition) is 1. The minimum absolute atomic E-state index is 0.252. The molecule has 0 N–H and O–H groups in total. The summed E-state index contributed by atoms with van der Waals surface area (Å²) in [5, 5.41) is 0. The maximum Gasteiger partial charge on any atom is 0.241 e. The van der Waals surface area contributed by atoms with E-state index < -0.39 is 0 Å². The second-order valence-electron chi connectivity index (χ2n) is 5.74. The fourth-order valence-corrected chi connectivity index (χ4v) is 3.39. The maximum atomic E-state index is 2.38. The first-order chi connectivity index (χ1) is 11.9. The Bertz CT molecular complexity index is 727. The van der Waals surface area contributed by atoms with Crippen LogP contribution in [0.25, 0.3) is 5.47 Å². The van der Waals surface area contributed by atoms with E-state index in [0.717, 1.165) is 5.75 Å². The van der Waals surface area contributed by atoms with Gasteiger partial charge in [0, 0.05) is 5.75 Å². The summed E-state index contributed by atoms with van der Waals surface area (Å²) in [6.07, 6.45) is 4.53. The molecule has 24 heavy (non-hydrogen) atoms. The highest BCUT2D eigenvalue weighted by Crippen LogP contribution is 2.19. The lowest BCUT2D eigenvalue weighted by Gasteiger charge is -2.19. The fraction of sp³-hybridized carbons (Fsp3) is 0.0909. The number of hydrogen-bond donors (Lipinski definition) is 0. The van der Waals surface area contributed by atoms with Gasteiger partial charge in [-0.05, 0) is 11.8 Å². The monoisotopic (exact) mass is 328 g/mol. The quantitative estimate of drug-likeness (QED) is 0.609. The van der Waals surface area contributed by atoms with Gasteiger partial charge < -0.3 is 0 Å². The summed E-state index contributed by atoms with van der Waals surface area (Å²) < 4.78 is 0. The van der Waals surface area contributed by atoms with Crippen LogP contribution in [0.3, 0.4) is 0 Å². The molecule has 3 rings (SSSR count). The molecule has 0 aliphatic carbocycles. The minimum Gasteiger partial charge on any atom is -0.161 e. The average molecular weight is 328 g/mol. The van der Waals surface area contributed by atoms with Gasteiger partial charge in [-0.15, -0.1) is 0 Å². The van der Waals surface area contributed by atoms with Crippen molar-refractivity contribution in [2.45, 2.75) is 0 Å². The van der Waals surface area contributed by atoms with Crippen LogP contribution in [0.15, 0.2) is 97.1 Å². The number of benzene rings is 3. The van der Waals surface area contributed by atoms with Crippen LogP contribution in [0.1, 0.15) is 5.56 Å². The van der Waals surface area contributed by atoms with Crippen molar-refractivity contribution < 1.29 is 0 Å². The molecule has 2 heteroatoms. The molecule has 0 aromatic heterocycles. The van der Waals surface area contributed by atoms with Crippen molar-refractivity contribution in [2.24, 2.45) is 0 Å². The molecule has 0 amide bonds. The second kappa shape index (κ2) is 8.61. The summed E-state index contributed by atoms with van der Waals surface area (Å²) in [5.74, 6) is 1.01. The van der Waals surface area contributed by atoms with Crippen molar-refractivity contribution >= 4 is 34.9 Å². The van der Waals surface area contributed by atoms with Gasteiger partial charge in [-0.3, -0.25) is 0 Å². The van der Waals surface area contributed by atoms with Gasteiger partial charge in [-0.25, -0.2) is 0 Å². The Hall–Kier alpha value is -2.19. The van der Waals surface area contributed by atoms with Crippen molar-refractivity contribution in [3.63, 3.8) is 0 Å². The Morgan fingerprint density at radius 1 is 0.750 bits per heavy atom. The Labute approximate surface area is 149 Å². The van der Waals surface area contributed by atoms with Crippen molar-refractivity contribution in [1.29, 1.82) is 0 Å². The molecule has 118 valence electrons. The fourth-order valence-electron chi connectivity index (χ4n) is 3.05. The van der Waals surface area contributed by atoms with E-state index in [1.807, 2.05) is 11.8 Å². The van der Waals surface area contributed by atoms with Gasteiger partial charge in [-0.1, -0.05) is 113 Å². The molecular formula is C22H21BS. The molecule has 0 aliphatic rings. The van der Waals surface area contributed by atoms with E-state index in [0.29, 0.717) is 0 Å². The zero-order valence-corrected chi connectivity index (χ0v) is 14.7.